The molecule has 0 spiro atoms. The van der Waals surface area contributed by atoms with Crippen LogP contribution in [0.25, 0.3) is 0 Å². The molecule has 0 bridgehead atoms. The van der Waals surface area contributed by atoms with Gasteiger partial charge in [-0.3, -0.25) is 14.5 Å². The monoisotopic (exact) mass is 327 g/mol. The summed E-state index contributed by atoms with van der Waals surface area (Å²) in [4.78, 5) is 26.1. The first kappa shape index (κ1) is 15.5. The fourth-order valence-corrected chi connectivity index (χ4v) is 3.53. The molecule has 1 aliphatic rings. The number of hydrogen-bond acceptors (Lipinski definition) is 4. The maximum atomic E-state index is 12.6. The molecule has 23 heavy (non-hydrogen) atoms. The van der Waals surface area contributed by atoms with E-state index in [1.165, 1.54) is 23.2 Å². The van der Waals surface area contributed by atoms with Crippen molar-refractivity contribution >= 4 is 28.7 Å². The van der Waals surface area contributed by atoms with Crippen LogP contribution < -0.4 is 4.90 Å². The summed E-state index contributed by atoms with van der Waals surface area (Å²) in [7, 11) is 0. The quantitative estimate of drug-likeness (QED) is 0.931. The number of carbonyl (C=O) groups is 2. The molecule has 0 radical (unpaired) electrons. The van der Waals surface area contributed by atoms with Gasteiger partial charge in [0.1, 0.15) is 0 Å². The molecule has 1 N–H and O–H groups in total. The number of carbonyl (C=O) groups excluding carboxylic acids is 2. The summed E-state index contributed by atoms with van der Waals surface area (Å²) in [5.41, 5.74) is 3.84. The van der Waals surface area contributed by atoms with Crippen molar-refractivity contribution in [2.75, 3.05) is 4.90 Å². The van der Waals surface area contributed by atoms with Crippen molar-refractivity contribution in [3.05, 3.63) is 63.0 Å². The Hall–Kier alpha value is -2.40. The van der Waals surface area contributed by atoms with E-state index in [0.717, 1.165) is 16.7 Å². The van der Waals surface area contributed by atoms with Gasteiger partial charge >= 0.3 is 0 Å². The van der Waals surface area contributed by atoms with E-state index in [1.54, 1.807) is 0 Å². The Bertz CT molecular complexity index is 821. The maximum absolute atomic E-state index is 12.6. The van der Waals surface area contributed by atoms with Crippen LogP contribution in [0.2, 0.25) is 0 Å². The third-order valence-electron chi connectivity index (χ3n) is 4.22. The van der Waals surface area contributed by atoms with Crippen molar-refractivity contribution < 1.29 is 14.7 Å². The van der Waals surface area contributed by atoms with Crippen LogP contribution >= 0.6 is 11.3 Å². The molecule has 0 fully saturated rings. The summed E-state index contributed by atoms with van der Waals surface area (Å²) in [5, 5.41) is 14.0. The lowest BCUT2D eigenvalue weighted by atomic mass is 9.98. The summed E-state index contributed by atoms with van der Waals surface area (Å²) in [6.07, 6.45) is 0. The molecule has 118 valence electrons. The molecule has 1 amide bonds. The molecule has 1 atom stereocenters. The number of ketones is 1. The molecular weight excluding hydrogens is 310 g/mol. The molecule has 1 aliphatic heterocycles. The minimum Gasteiger partial charge on any atom is -0.503 e. The van der Waals surface area contributed by atoms with Crippen LogP contribution in [-0.2, 0) is 9.59 Å². The second-order valence-corrected chi connectivity index (χ2v) is 6.50. The standard InChI is InChI=1S/C18H17NO3S/c1-10-4-5-14(8-11(10)2)19-16(13-6-7-23-9-13)15(12(3)20)17(21)18(19)22/h4-9,16,21H,1-3H3. The molecule has 0 saturated carbocycles. The summed E-state index contributed by atoms with van der Waals surface area (Å²) in [6.45, 7) is 5.35. The van der Waals surface area contributed by atoms with Crippen molar-refractivity contribution in [2.24, 2.45) is 0 Å². The van der Waals surface area contributed by atoms with E-state index in [4.69, 9.17) is 0 Å². The van der Waals surface area contributed by atoms with Gasteiger partial charge in [0.25, 0.3) is 5.91 Å². The second kappa shape index (κ2) is 5.66. The van der Waals surface area contributed by atoms with Crippen LogP contribution in [0, 0.1) is 13.8 Å². The zero-order valence-corrected chi connectivity index (χ0v) is 14.0. The number of aliphatic hydroxyl groups is 1. The maximum Gasteiger partial charge on any atom is 0.294 e. The Morgan fingerprint density at radius 3 is 2.52 bits per heavy atom. The number of aliphatic hydroxyl groups excluding tert-OH is 1. The Labute approximate surface area is 138 Å². The first-order valence-electron chi connectivity index (χ1n) is 7.28. The molecule has 1 unspecified atom stereocenters. The first-order chi connectivity index (χ1) is 10.9. The van der Waals surface area contributed by atoms with Crippen LogP contribution in [0.1, 0.15) is 29.7 Å². The number of nitrogens with zero attached hydrogens (tertiary/aromatic N) is 1. The predicted octanol–water partition coefficient (Wildman–Crippen LogP) is 3.85. The van der Waals surface area contributed by atoms with Crippen LogP contribution in [0.4, 0.5) is 5.69 Å². The van der Waals surface area contributed by atoms with E-state index in [9.17, 15) is 14.7 Å². The molecule has 1 aromatic heterocycles. The van der Waals surface area contributed by atoms with Crippen molar-refractivity contribution in [3.8, 4) is 0 Å². The average Bonchev–Trinajstić information content (AvgIpc) is 3.10. The van der Waals surface area contributed by atoms with Gasteiger partial charge in [0.15, 0.2) is 11.5 Å². The van der Waals surface area contributed by atoms with Gasteiger partial charge in [0, 0.05) is 5.69 Å². The number of aryl methyl sites for hydroxylation is 2. The molecule has 2 heterocycles. The van der Waals surface area contributed by atoms with Crippen molar-refractivity contribution in [3.63, 3.8) is 0 Å². The van der Waals surface area contributed by atoms with Gasteiger partial charge < -0.3 is 5.11 Å². The minimum atomic E-state index is -0.576. The van der Waals surface area contributed by atoms with Gasteiger partial charge in [0.05, 0.1) is 11.6 Å². The molecule has 1 aromatic carbocycles. The summed E-state index contributed by atoms with van der Waals surface area (Å²) >= 11 is 1.49. The SMILES string of the molecule is CC(=O)C1=C(O)C(=O)N(c2ccc(C)c(C)c2)C1c1ccsc1. The van der Waals surface area contributed by atoms with Crippen LogP contribution in [0.15, 0.2) is 46.4 Å². The lowest BCUT2D eigenvalue weighted by Crippen LogP contribution is -2.30. The molecule has 4 nitrogen and oxygen atoms in total. The van der Waals surface area contributed by atoms with E-state index in [1.807, 2.05) is 48.9 Å². The average molecular weight is 327 g/mol. The highest BCUT2D eigenvalue weighted by molar-refractivity contribution is 7.08. The molecular formula is C18H17NO3S. The Morgan fingerprint density at radius 2 is 1.96 bits per heavy atom. The number of anilines is 1. The third-order valence-corrected chi connectivity index (χ3v) is 4.92. The number of amides is 1. The molecule has 5 heteroatoms. The number of benzene rings is 1. The van der Waals surface area contributed by atoms with E-state index in [2.05, 4.69) is 0 Å². The van der Waals surface area contributed by atoms with Crippen LogP contribution in [0.3, 0.4) is 0 Å². The van der Waals surface area contributed by atoms with E-state index < -0.39 is 17.7 Å². The number of thiophene rings is 1. The lowest BCUT2D eigenvalue weighted by molar-refractivity contribution is -0.117. The summed E-state index contributed by atoms with van der Waals surface area (Å²) in [6, 6.07) is 6.98. The zero-order valence-electron chi connectivity index (χ0n) is 13.2. The fraction of sp³-hybridized carbons (Fsp3) is 0.222. The number of hydrogen-bond donors (Lipinski definition) is 1. The molecule has 0 aliphatic carbocycles. The van der Waals surface area contributed by atoms with Gasteiger partial charge in [-0.2, -0.15) is 11.3 Å². The third kappa shape index (κ3) is 2.47. The van der Waals surface area contributed by atoms with Gasteiger partial charge in [-0.1, -0.05) is 6.07 Å². The highest BCUT2D eigenvalue weighted by Gasteiger charge is 2.43. The van der Waals surface area contributed by atoms with Crippen LogP contribution in [0.5, 0.6) is 0 Å². The van der Waals surface area contributed by atoms with Gasteiger partial charge in [-0.15, -0.1) is 0 Å². The molecule has 3 rings (SSSR count). The normalized spacial score (nSPS) is 18.0. The van der Waals surface area contributed by atoms with E-state index in [-0.39, 0.29) is 11.4 Å². The second-order valence-electron chi connectivity index (χ2n) is 5.72. The topological polar surface area (TPSA) is 57.6 Å². The minimum absolute atomic E-state index is 0.159. The van der Waals surface area contributed by atoms with Crippen molar-refractivity contribution in [1.82, 2.24) is 0 Å². The van der Waals surface area contributed by atoms with E-state index in [0.29, 0.717) is 5.69 Å². The largest absolute Gasteiger partial charge is 0.503 e. The molecule has 2 aromatic rings. The highest BCUT2D eigenvalue weighted by Crippen LogP contribution is 2.41. The lowest BCUT2D eigenvalue weighted by Gasteiger charge is -2.26. The van der Waals surface area contributed by atoms with Gasteiger partial charge in [-0.25, -0.2) is 0 Å². The van der Waals surface area contributed by atoms with Crippen molar-refractivity contribution in [2.45, 2.75) is 26.8 Å². The predicted molar refractivity (Wildman–Crippen MR) is 90.8 cm³/mol. The smallest absolute Gasteiger partial charge is 0.294 e. The Balaban J connectivity index is 2.17. The molecule has 0 saturated heterocycles. The summed E-state index contributed by atoms with van der Waals surface area (Å²) in [5.74, 6) is -1.28. The first-order valence-corrected chi connectivity index (χ1v) is 8.23. The fourth-order valence-electron chi connectivity index (χ4n) is 2.85. The van der Waals surface area contributed by atoms with Crippen LogP contribution in [-0.4, -0.2) is 16.8 Å². The summed E-state index contributed by atoms with van der Waals surface area (Å²) < 4.78 is 0. The van der Waals surface area contributed by atoms with E-state index >= 15 is 0 Å². The Morgan fingerprint density at radius 1 is 1.22 bits per heavy atom. The highest BCUT2D eigenvalue weighted by atomic mass is 32.1. The van der Waals surface area contributed by atoms with Gasteiger partial charge in [0.2, 0.25) is 0 Å². The van der Waals surface area contributed by atoms with Crippen molar-refractivity contribution in [1.29, 1.82) is 0 Å². The zero-order chi connectivity index (χ0) is 16.7. The van der Waals surface area contributed by atoms with Gasteiger partial charge in [-0.05, 0) is 66.4 Å². The number of Topliss-reactive ketones (excluding diaryl/α,β-unsaturated/α-hetero) is 1. The Kier molecular flexibility index (Phi) is 3.82. The number of rotatable bonds is 3.